The fourth-order valence-corrected chi connectivity index (χ4v) is 2.69. The summed E-state index contributed by atoms with van der Waals surface area (Å²) in [4.78, 5) is 27.7. The van der Waals surface area contributed by atoms with Gasteiger partial charge in [0.2, 0.25) is 0 Å². The summed E-state index contributed by atoms with van der Waals surface area (Å²) in [6, 6.07) is 7.69. The van der Waals surface area contributed by atoms with Crippen LogP contribution in [0.2, 0.25) is 0 Å². The summed E-state index contributed by atoms with van der Waals surface area (Å²) in [6.45, 7) is 1.71. The molecule has 0 unspecified atom stereocenters. The van der Waals surface area contributed by atoms with E-state index >= 15 is 0 Å². The van der Waals surface area contributed by atoms with Gasteiger partial charge in [-0.3, -0.25) is 19.3 Å². The molecule has 0 aliphatic rings. The zero-order valence-corrected chi connectivity index (χ0v) is 14.3. The Balaban J connectivity index is 1.99. The molecule has 26 heavy (non-hydrogen) atoms. The summed E-state index contributed by atoms with van der Waals surface area (Å²) >= 11 is 0. The second-order valence-corrected chi connectivity index (χ2v) is 5.41. The first-order valence-electron chi connectivity index (χ1n) is 7.61. The maximum atomic E-state index is 12.7. The van der Waals surface area contributed by atoms with Crippen molar-refractivity contribution in [3.63, 3.8) is 0 Å². The van der Waals surface area contributed by atoms with E-state index in [-0.39, 0.29) is 17.1 Å². The lowest BCUT2D eigenvalue weighted by Crippen LogP contribution is -2.15. The van der Waals surface area contributed by atoms with Gasteiger partial charge in [-0.05, 0) is 31.2 Å². The van der Waals surface area contributed by atoms with Gasteiger partial charge in [-0.2, -0.15) is 0 Å². The van der Waals surface area contributed by atoms with Gasteiger partial charge >= 0.3 is 5.69 Å². The lowest BCUT2D eigenvalue weighted by molar-refractivity contribution is -0.385. The van der Waals surface area contributed by atoms with Crippen molar-refractivity contribution in [2.24, 2.45) is 0 Å². The van der Waals surface area contributed by atoms with Crippen LogP contribution in [0.5, 0.6) is 11.5 Å². The number of nitro benzene ring substituents is 1. The molecule has 1 amide bonds. The number of rotatable bonds is 5. The lowest BCUT2D eigenvalue weighted by Gasteiger charge is -2.08. The van der Waals surface area contributed by atoms with Crippen molar-refractivity contribution in [1.29, 1.82) is 0 Å². The Labute approximate surface area is 148 Å². The predicted octanol–water partition coefficient (Wildman–Crippen LogP) is 2.82. The van der Waals surface area contributed by atoms with Crippen LogP contribution in [0.3, 0.4) is 0 Å². The summed E-state index contributed by atoms with van der Waals surface area (Å²) in [7, 11) is 2.87. The largest absolute Gasteiger partial charge is 0.493 e. The Morgan fingerprint density at radius 2 is 1.96 bits per heavy atom. The molecule has 134 valence electrons. The molecule has 0 aliphatic heterocycles. The van der Waals surface area contributed by atoms with Gasteiger partial charge in [-0.1, -0.05) is 0 Å². The van der Waals surface area contributed by atoms with Crippen LogP contribution in [-0.4, -0.2) is 34.4 Å². The number of carbonyl (C=O) groups is 1. The fourth-order valence-electron chi connectivity index (χ4n) is 2.69. The second kappa shape index (κ2) is 6.71. The molecule has 3 aromatic rings. The van der Waals surface area contributed by atoms with E-state index in [1.165, 1.54) is 32.4 Å². The van der Waals surface area contributed by atoms with E-state index < -0.39 is 10.8 Å². The van der Waals surface area contributed by atoms with Gasteiger partial charge in [0.15, 0.2) is 17.1 Å². The molecule has 0 atom stereocenters. The average molecular weight is 356 g/mol. The topological polar surface area (TPSA) is 108 Å². The van der Waals surface area contributed by atoms with Crippen molar-refractivity contribution in [2.75, 3.05) is 19.5 Å². The normalized spacial score (nSPS) is 10.6. The van der Waals surface area contributed by atoms with Crippen LogP contribution >= 0.6 is 0 Å². The van der Waals surface area contributed by atoms with Crippen LogP contribution in [0.25, 0.3) is 5.65 Å². The fraction of sp³-hybridized carbons (Fsp3) is 0.176. The SMILES string of the molecule is COc1ccc(NC(=O)c2c(C)nc3c(OC)cccn23)cc1[N+](=O)[O-]. The van der Waals surface area contributed by atoms with Crippen LogP contribution in [0.4, 0.5) is 11.4 Å². The Kier molecular flexibility index (Phi) is 4.44. The molecule has 0 saturated heterocycles. The minimum Gasteiger partial charge on any atom is -0.493 e. The highest BCUT2D eigenvalue weighted by Crippen LogP contribution is 2.30. The van der Waals surface area contributed by atoms with Crippen molar-refractivity contribution in [1.82, 2.24) is 9.38 Å². The maximum absolute atomic E-state index is 12.7. The second-order valence-electron chi connectivity index (χ2n) is 5.41. The third kappa shape index (κ3) is 2.90. The van der Waals surface area contributed by atoms with E-state index in [1.807, 2.05) is 0 Å². The number of aromatic nitrogens is 2. The number of nitrogens with zero attached hydrogens (tertiary/aromatic N) is 3. The quantitative estimate of drug-likeness (QED) is 0.556. The van der Waals surface area contributed by atoms with E-state index in [4.69, 9.17) is 9.47 Å². The zero-order chi connectivity index (χ0) is 18.8. The standard InChI is InChI=1S/C17H16N4O5/c1-10-15(20-8-4-5-14(26-3)16(20)18-10)17(22)19-11-6-7-13(25-2)12(9-11)21(23)24/h4-9H,1-3H3,(H,19,22). The Hall–Kier alpha value is -3.62. The summed E-state index contributed by atoms with van der Waals surface area (Å²) in [5.74, 6) is 0.209. The zero-order valence-electron chi connectivity index (χ0n) is 14.3. The molecule has 0 aliphatic carbocycles. The number of aryl methyl sites for hydroxylation is 1. The van der Waals surface area contributed by atoms with Crippen molar-refractivity contribution in [3.05, 3.63) is 58.0 Å². The average Bonchev–Trinajstić information content (AvgIpc) is 2.97. The molecule has 1 N–H and O–H groups in total. The maximum Gasteiger partial charge on any atom is 0.312 e. The van der Waals surface area contributed by atoms with E-state index in [1.54, 1.807) is 29.7 Å². The van der Waals surface area contributed by atoms with E-state index in [9.17, 15) is 14.9 Å². The van der Waals surface area contributed by atoms with Gasteiger partial charge in [-0.15, -0.1) is 0 Å². The Bertz CT molecular complexity index is 1010. The summed E-state index contributed by atoms with van der Waals surface area (Å²) in [6.07, 6.45) is 1.70. The molecule has 2 aromatic heterocycles. The van der Waals surface area contributed by atoms with Crippen LogP contribution < -0.4 is 14.8 Å². The highest BCUT2D eigenvalue weighted by molar-refractivity contribution is 6.04. The van der Waals surface area contributed by atoms with E-state index in [2.05, 4.69) is 10.3 Å². The molecule has 0 bridgehead atoms. The number of pyridine rings is 1. The minimum absolute atomic E-state index is 0.115. The number of nitrogens with one attached hydrogen (secondary N) is 1. The Morgan fingerprint density at radius 3 is 2.62 bits per heavy atom. The molecule has 0 spiro atoms. The number of ether oxygens (including phenoxy) is 2. The summed E-state index contributed by atoms with van der Waals surface area (Å²) < 4.78 is 11.8. The number of carbonyl (C=O) groups excluding carboxylic acids is 1. The molecule has 0 fully saturated rings. The number of amides is 1. The highest BCUT2D eigenvalue weighted by Gasteiger charge is 2.21. The minimum atomic E-state index is -0.571. The molecular weight excluding hydrogens is 340 g/mol. The lowest BCUT2D eigenvalue weighted by atomic mass is 10.2. The van der Waals surface area contributed by atoms with Crippen molar-refractivity contribution >= 4 is 22.9 Å². The number of imidazole rings is 1. The summed E-state index contributed by atoms with van der Waals surface area (Å²) in [5, 5.41) is 13.8. The monoisotopic (exact) mass is 356 g/mol. The number of fused-ring (bicyclic) bond motifs is 1. The Morgan fingerprint density at radius 1 is 1.23 bits per heavy atom. The number of hydrogen-bond donors (Lipinski definition) is 1. The van der Waals surface area contributed by atoms with Gasteiger partial charge in [0.1, 0.15) is 5.69 Å². The predicted molar refractivity (Wildman–Crippen MR) is 94.1 cm³/mol. The molecular formula is C17H16N4O5. The van der Waals surface area contributed by atoms with E-state index in [0.717, 1.165) is 0 Å². The van der Waals surface area contributed by atoms with Crippen LogP contribution in [0, 0.1) is 17.0 Å². The number of benzene rings is 1. The molecule has 1 aromatic carbocycles. The van der Waals surface area contributed by atoms with Crippen molar-refractivity contribution in [3.8, 4) is 11.5 Å². The van der Waals surface area contributed by atoms with Crippen LogP contribution in [-0.2, 0) is 0 Å². The van der Waals surface area contributed by atoms with Crippen molar-refractivity contribution in [2.45, 2.75) is 6.92 Å². The number of methoxy groups -OCH3 is 2. The highest BCUT2D eigenvalue weighted by atomic mass is 16.6. The first kappa shape index (κ1) is 17.2. The van der Waals surface area contributed by atoms with Gasteiger partial charge < -0.3 is 14.8 Å². The number of hydrogen-bond acceptors (Lipinski definition) is 6. The van der Waals surface area contributed by atoms with Gasteiger partial charge in [0.25, 0.3) is 5.91 Å². The molecule has 9 heteroatoms. The first-order chi connectivity index (χ1) is 12.5. The first-order valence-corrected chi connectivity index (χ1v) is 7.61. The van der Waals surface area contributed by atoms with Gasteiger partial charge in [0, 0.05) is 18.0 Å². The van der Waals surface area contributed by atoms with Gasteiger partial charge in [0.05, 0.1) is 24.8 Å². The van der Waals surface area contributed by atoms with Crippen molar-refractivity contribution < 1.29 is 19.2 Å². The van der Waals surface area contributed by atoms with Crippen LogP contribution in [0.15, 0.2) is 36.5 Å². The third-order valence-electron chi connectivity index (χ3n) is 3.86. The van der Waals surface area contributed by atoms with Gasteiger partial charge in [-0.25, -0.2) is 4.98 Å². The molecule has 0 saturated carbocycles. The van der Waals surface area contributed by atoms with E-state index in [0.29, 0.717) is 22.8 Å². The molecule has 3 rings (SSSR count). The molecule has 0 radical (unpaired) electrons. The third-order valence-corrected chi connectivity index (χ3v) is 3.86. The number of anilines is 1. The molecule has 2 heterocycles. The van der Waals surface area contributed by atoms with Crippen LogP contribution in [0.1, 0.15) is 16.2 Å². The molecule has 9 nitrogen and oxygen atoms in total. The number of nitro groups is 1. The smallest absolute Gasteiger partial charge is 0.312 e. The summed E-state index contributed by atoms with van der Waals surface area (Å²) in [5.41, 5.74) is 1.38.